The van der Waals surface area contributed by atoms with Crippen LogP contribution in [0.3, 0.4) is 0 Å². The van der Waals surface area contributed by atoms with Gasteiger partial charge in [0.05, 0.1) is 6.54 Å². The SMILES string of the molecule is CC(c1ccc2c(c1)OCO2)N(CC(=O)O)C1CC1. The van der Waals surface area contributed by atoms with Gasteiger partial charge in [0.15, 0.2) is 11.5 Å². The van der Waals surface area contributed by atoms with Gasteiger partial charge in [0.25, 0.3) is 0 Å². The topological polar surface area (TPSA) is 59.0 Å². The predicted molar refractivity (Wildman–Crippen MR) is 68.3 cm³/mol. The molecule has 1 aromatic rings. The van der Waals surface area contributed by atoms with Gasteiger partial charge >= 0.3 is 5.97 Å². The molecule has 1 heterocycles. The number of carboxylic acids is 1. The smallest absolute Gasteiger partial charge is 0.317 e. The molecule has 2 aliphatic rings. The predicted octanol–water partition coefficient (Wildman–Crippen LogP) is 2.03. The van der Waals surface area contributed by atoms with Gasteiger partial charge in [-0.2, -0.15) is 0 Å². The normalized spacial score (nSPS) is 18.6. The van der Waals surface area contributed by atoms with Crippen molar-refractivity contribution in [2.75, 3.05) is 13.3 Å². The average Bonchev–Trinajstić information content (AvgIpc) is 3.12. The second-order valence-corrected chi connectivity index (χ2v) is 5.09. The zero-order valence-corrected chi connectivity index (χ0v) is 10.8. The summed E-state index contributed by atoms with van der Waals surface area (Å²) >= 11 is 0. The fourth-order valence-corrected chi connectivity index (χ4v) is 2.51. The van der Waals surface area contributed by atoms with Crippen LogP contribution in [0, 0.1) is 0 Å². The number of nitrogens with zero attached hydrogens (tertiary/aromatic N) is 1. The summed E-state index contributed by atoms with van der Waals surface area (Å²) in [5.41, 5.74) is 1.07. The minimum Gasteiger partial charge on any atom is -0.480 e. The Balaban J connectivity index is 1.81. The number of fused-ring (bicyclic) bond motifs is 1. The van der Waals surface area contributed by atoms with E-state index in [-0.39, 0.29) is 19.4 Å². The van der Waals surface area contributed by atoms with Crippen molar-refractivity contribution in [2.45, 2.75) is 31.8 Å². The lowest BCUT2D eigenvalue weighted by molar-refractivity contribution is -0.139. The van der Waals surface area contributed by atoms with Crippen molar-refractivity contribution < 1.29 is 19.4 Å². The van der Waals surface area contributed by atoms with Crippen molar-refractivity contribution in [3.8, 4) is 11.5 Å². The van der Waals surface area contributed by atoms with Crippen molar-refractivity contribution in [1.82, 2.24) is 4.90 Å². The lowest BCUT2D eigenvalue weighted by atomic mass is 10.1. The molecule has 1 fully saturated rings. The maximum Gasteiger partial charge on any atom is 0.317 e. The van der Waals surface area contributed by atoms with Crippen LogP contribution in [0.4, 0.5) is 0 Å². The van der Waals surface area contributed by atoms with Crippen LogP contribution < -0.4 is 9.47 Å². The van der Waals surface area contributed by atoms with Crippen LogP contribution >= 0.6 is 0 Å². The molecule has 0 aromatic heterocycles. The molecule has 0 bridgehead atoms. The number of rotatable bonds is 5. The van der Waals surface area contributed by atoms with Crippen LogP contribution in [-0.2, 0) is 4.79 Å². The maximum atomic E-state index is 11.0. The van der Waals surface area contributed by atoms with E-state index in [1.54, 1.807) is 0 Å². The van der Waals surface area contributed by atoms with Crippen LogP contribution in [0.2, 0.25) is 0 Å². The first-order valence-corrected chi connectivity index (χ1v) is 6.52. The van der Waals surface area contributed by atoms with Gasteiger partial charge in [-0.15, -0.1) is 0 Å². The van der Waals surface area contributed by atoms with Crippen LogP contribution in [0.25, 0.3) is 0 Å². The third kappa shape index (κ3) is 2.51. The Kier molecular flexibility index (Phi) is 3.06. The summed E-state index contributed by atoms with van der Waals surface area (Å²) in [5, 5.41) is 9.02. The van der Waals surface area contributed by atoms with E-state index < -0.39 is 5.97 Å². The Morgan fingerprint density at radius 3 is 2.84 bits per heavy atom. The fraction of sp³-hybridized carbons (Fsp3) is 0.500. The monoisotopic (exact) mass is 263 g/mol. The maximum absolute atomic E-state index is 11.0. The first-order valence-electron chi connectivity index (χ1n) is 6.52. The van der Waals surface area contributed by atoms with E-state index in [0.717, 1.165) is 29.9 Å². The highest BCUT2D eigenvalue weighted by atomic mass is 16.7. The molecule has 0 spiro atoms. The Morgan fingerprint density at radius 2 is 2.16 bits per heavy atom. The van der Waals surface area contributed by atoms with Crippen molar-refractivity contribution in [1.29, 1.82) is 0 Å². The minimum atomic E-state index is -0.778. The molecule has 1 atom stereocenters. The Hall–Kier alpha value is -1.75. The van der Waals surface area contributed by atoms with E-state index >= 15 is 0 Å². The third-order valence-electron chi connectivity index (χ3n) is 3.71. The quantitative estimate of drug-likeness (QED) is 0.880. The second-order valence-electron chi connectivity index (χ2n) is 5.09. The molecule has 1 aliphatic heterocycles. The first-order chi connectivity index (χ1) is 9.15. The van der Waals surface area contributed by atoms with Gasteiger partial charge in [-0.1, -0.05) is 6.07 Å². The third-order valence-corrected chi connectivity index (χ3v) is 3.71. The standard InChI is InChI=1S/C14H17NO4/c1-9(15(7-14(16)17)11-3-4-11)10-2-5-12-13(6-10)19-8-18-12/h2,5-6,9,11H,3-4,7-8H2,1H3,(H,16,17). The van der Waals surface area contributed by atoms with Crippen LogP contribution in [-0.4, -0.2) is 35.4 Å². The highest BCUT2D eigenvalue weighted by Crippen LogP contribution is 2.38. The Morgan fingerprint density at radius 1 is 1.42 bits per heavy atom. The molecule has 1 aromatic carbocycles. The number of carbonyl (C=O) groups is 1. The van der Waals surface area contributed by atoms with Crippen molar-refractivity contribution in [3.05, 3.63) is 23.8 Å². The Bertz CT molecular complexity index is 498. The van der Waals surface area contributed by atoms with E-state index in [9.17, 15) is 4.79 Å². The molecule has 1 unspecified atom stereocenters. The molecule has 19 heavy (non-hydrogen) atoms. The number of carboxylic acid groups (broad SMARTS) is 1. The van der Waals surface area contributed by atoms with Gasteiger partial charge in [-0.3, -0.25) is 9.69 Å². The highest BCUT2D eigenvalue weighted by Gasteiger charge is 2.34. The number of ether oxygens (including phenoxy) is 2. The lowest BCUT2D eigenvalue weighted by Gasteiger charge is -2.27. The number of benzene rings is 1. The lowest BCUT2D eigenvalue weighted by Crippen LogP contribution is -2.34. The molecule has 1 N–H and O–H groups in total. The number of hydrogen-bond donors (Lipinski definition) is 1. The summed E-state index contributed by atoms with van der Waals surface area (Å²) in [6.07, 6.45) is 2.17. The molecule has 1 saturated carbocycles. The zero-order chi connectivity index (χ0) is 13.4. The average molecular weight is 263 g/mol. The largest absolute Gasteiger partial charge is 0.480 e. The van der Waals surface area contributed by atoms with Crippen molar-refractivity contribution in [2.24, 2.45) is 0 Å². The van der Waals surface area contributed by atoms with E-state index in [1.807, 2.05) is 30.0 Å². The van der Waals surface area contributed by atoms with Gasteiger partial charge < -0.3 is 14.6 Å². The van der Waals surface area contributed by atoms with Crippen LogP contribution in [0.1, 0.15) is 31.4 Å². The molecule has 1 aliphatic carbocycles. The summed E-state index contributed by atoms with van der Waals surface area (Å²) < 4.78 is 10.7. The van der Waals surface area contributed by atoms with Crippen LogP contribution in [0.5, 0.6) is 11.5 Å². The van der Waals surface area contributed by atoms with Crippen molar-refractivity contribution >= 4 is 5.97 Å². The van der Waals surface area contributed by atoms with E-state index in [4.69, 9.17) is 14.6 Å². The summed E-state index contributed by atoms with van der Waals surface area (Å²) in [4.78, 5) is 13.0. The summed E-state index contributed by atoms with van der Waals surface area (Å²) in [6.45, 7) is 2.38. The van der Waals surface area contributed by atoms with E-state index in [1.165, 1.54) is 0 Å². The molecule has 0 saturated heterocycles. The summed E-state index contributed by atoms with van der Waals surface area (Å²) in [6, 6.07) is 6.29. The highest BCUT2D eigenvalue weighted by molar-refractivity contribution is 5.69. The number of hydrogen-bond acceptors (Lipinski definition) is 4. The molecule has 0 amide bonds. The van der Waals surface area contributed by atoms with Gasteiger partial charge in [-0.25, -0.2) is 0 Å². The van der Waals surface area contributed by atoms with E-state index in [0.29, 0.717) is 6.04 Å². The fourth-order valence-electron chi connectivity index (χ4n) is 2.51. The minimum absolute atomic E-state index is 0.0677. The molecule has 3 rings (SSSR count). The van der Waals surface area contributed by atoms with E-state index in [2.05, 4.69) is 0 Å². The molecular formula is C14H17NO4. The van der Waals surface area contributed by atoms with Crippen molar-refractivity contribution in [3.63, 3.8) is 0 Å². The molecule has 0 radical (unpaired) electrons. The molecular weight excluding hydrogens is 246 g/mol. The Labute approximate surface area is 111 Å². The second kappa shape index (κ2) is 4.74. The first kappa shape index (κ1) is 12.3. The van der Waals surface area contributed by atoms with Gasteiger partial charge in [-0.05, 0) is 37.5 Å². The molecule has 102 valence electrons. The van der Waals surface area contributed by atoms with Gasteiger partial charge in [0.1, 0.15) is 0 Å². The summed E-state index contributed by atoms with van der Waals surface area (Å²) in [5.74, 6) is 0.724. The zero-order valence-electron chi connectivity index (χ0n) is 10.8. The number of aliphatic carboxylic acids is 1. The van der Waals surface area contributed by atoms with Crippen LogP contribution in [0.15, 0.2) is 18.2 Å². The molecule has 5 nitrogen and oxygen atoms in total. The van der Waals surface area contributed by atoms with Gasteiger partial charge in [0.2, 0.25) is 6.79 Å². The molecule has 5 heteroatoms. The van der Waals surface area contributed by atoms with Gasteiger partial charge in [0, 0.05) is 12.1 Å². The summed E-state index contributed by atoms with van der Waals surface area (Å²) in [7, 11) is 0.